The van der Waals surface area contributed by atoms with Crippen LogP contribution in [0.15, 0.2) is 42.5 Å². The lowest BCUT2D eigenvalue weighted by atomic mass is 10.2. The highest BCUT2D eigenvalue weighted by molar-refractivity contribution is 5.92. The molecule has 0 saturated heterocycles. The van der Waals surface area contributed by atoms with Crippen molar-refractivity contribution in [3.05, 3.63) is 53.6 Å². The predicted molar refractivity (Wildman–Crippen MR) is 82.4 cm³/mol. The molecule has 0 aliphatic heterocycles. The van der Waals surface area contributed by atoms with E-state index >= 15 is 0 Å². The van der Waals surface area contributed by atoms with E-state index in [2.05, 4.69) is 9.47 Å². The predicted octanol–water partition coefficient (Wildman–Crippen LogP) is 3.30. The standard InChI is InChI=1S/C17H14F2O6/c1-22-14-9-11(5-8-13(14)25-17(18)19)16(21)24-12-6-3-10(4-7-12)15(20)23-2/h3-9,17H,1-2H3. The number of carbonyl (C=O) groups excluding carboxylic acids is 2. The van der Waals surface area contributed by atoms with E-state index in [0.717, 1.165) is 0 Å². The highest BCUT2D eigenvalue weighted by Crippen LogP contribution is 2.30. The molecule has 0 fully saturated rings. The average Bonchev–Trinajstić information content (AvgIpc) is 2.61. The number of ether oxygens (including phenoxy) is 4. The maximum Gasteiger partial charge on any atom is 0.387 e. The minimum Gasteiger partial charge on any atom is -0.493 e. The van der Waals surface area contributed by atoms with E-state index in [1.165, 1.54) is 56.7 Å². The van der Waals surface area contributed by atoms with Gasteiger partial charge in [-0.3, -0.25) is 0 Å². The molecule has 0 heterocycles. The van der Waals surface area contributed by atoms with Gasteiger partial charge in [0.25, 0.3) is 0 Å². The maximum atomic E-state index is 12.3. The third-order valence-electron chi connectivity index (χ3n) is 3.10. The van der Waals surface area contributed by atoms with Crippen LogP contribution in [0.25, 0.3) is 0 Å². The highest BCUT2D eigenvalue weighted by atomic mass is 19.3. The SMILES string of the molecule is COC(=O)c1ccc(OC(=O)c2ccc(OC(F)F)c(OC)c2)cc1. The number of halogens is 2. The first-order valence-electron chi connectivity index (χ1n) is 6.98. The van der Waals surface area contributed by atoms with Gasteiger partial charge in [-0.15, -0.1) is 0 Å². The minimum absolute atomic E-state index is 0.0317. The van der Waals surface area contributed by atoms with Gasteiger partial charge in [0, 0.05) is 0 Å². The topological polar surface area (TPSA) is 71.1 Å². The molecule has 0 aromatic heterocycles. The van der Waals surface area contributed by atoms with Gasteiger partial charge in [-0.1, -0.05) is 0 Å². The Labute approximate surface area is 141 Å². The summed E-state index contributed by atoms with van der Waals surface area (Å²) in [6.07, 6.45) is 0. The van der Waals surface area contributed by atoms with Crippen molar-refractivity contribution in [2.24, 2.45) is 0 Å². The van der Waals surface area contributed by atoms with Crippen LogP contribution in [0.3, 0.4) is 0 Å². The first-order valence-corrected chi connectivity index (χ1v) is 6.98. The normalized spacial score (nSPS) is 10.3. The molecule has 2 rings (SSSR count). The van der Waals surface area contributed by atoms with Crippen molar-refractivity contribution in [2.75, 3.05) is 14.2 Å². The zero-order chi connectivity index (χ0) is 18.4. The van der Waals surface area contributed by atoms with Crippen LogP contribution in [0.5, 0.6) is 17.2 Å². The Kier molecular flexibility index (Phi) is 5.89. The lowest BCUT2D eigenvalue weighted by molar-refractivity contribution is -0.0512. The average molecular weight is 352 g/mol. The second kappa shape index (κ2) is 8.09. The largest absolute Gasteiger partial charge is 0.493 e. The van der Waals surface area contributed by atoms with Crippen LogP contribution in [0.2, 0.25) is 0 Å². The molecule has 2 aromatic carbocycles. The van der Waals surface area contributed by atoms with Crippen molar-refractivity contribution in [1.82, 2.24) is 0 Å². The summed E-state index contributed by atoms with van der Waals surface area (Å²) in [5.41, 5.74) is 0.382. The fourth-order valence-corrected chi connectivity index (χ4v) is 1.93. The van der Waals surface area contributed by atoms with E-state index in [9.17, 15) is 18.4 Å². The van der Waals surface area contributed by atoms with E-state index in [4.69, 9.17) is 9.47 Å². The number of alkyl halides is 2. The highest BCUT2D eigenvalue weighted by Gasteiger charge is 2.16. The summed E-state index contributed by atoms with van der Waals surface area (Å²) in [7, 11) is 2.51. The van der Waals surface area contributed by atoms with Crippen LogP contribution < -0.4 is 14.2 Å². The Balaban J connectivity index is 2.13. The summed E-state index contributed by atoms with van der Waals surface area (Å²) in [5.74, 6) is -1.28. The summed E-state index contributed by atoms with van der Waals surface area (Å²) < 4.78 is 43.5. The molecule has 0 unspecified atom stereocenters. The number of benzene rings is 2. The lowest BCUT2D eigenvalue weighted by Crippen LogP contribution is -2.10. The van der Waals surface area contributed by atoms with Crippen molar-refractivity contribution >= 4 is 11.9 Å². The second-order valence-corrected chi connectivity index (χ2v) is 4.65. The quantitative estimate of drug-likeness (QED) is 0.587. The van der Waals surface area contributed by atoms with Crippen molar-refractivity contribution < 1.29 is 37.3 Å². The van der Waals surface area contributed by atoms with E-state index in [1.54, 1.807) is 0 Å². The molecule has 8 heteroatoms. The van der Waals surface area contributed by atoms with Crippen molar-refractivity contribution in [3.63, 3.8) is 0 Å². The third-order valence-corrected chi connectivity index (χ3v) is 3.10. The third kappa shape index (κ3) is 4.66. The zero-order valence-corrected chi connectivity index (χ0v) is 13.3. The van der Waals surface area contributed by atoms with Crippen LogP contribution in [-0.2, 0) is 4.74 Å². The molecule has 0 saturated carbocycles. The fraction of sp³-hybridized carbons (Fsp3) is 0.176. The Bertz CT molecular complexity index is 758. The zero-order valence-electron chi connectivity index (χ0n) is 13.3. The summed E-state index contributed by atoms with van der Waals surface area (Å²) in [6, 6.07) is 9.41. The number of rotatable bonds is 6. The van der Waals surface area contributed by atoms with Crippen molar-refractivity contribution in [2.45, 2.75) is 6.61 Å². The summed E-state index contributed by atoms with van der Waals surface area (Å²) in [5, 5.41) is 0. The van der Waals surface area contributed by atoms with Gasteiger partial charge >= 0.3 is 18.6 Å². The number of esters is 2. The van der Waals surface area contributed by atoms with Gasteiger partial charge in [-0.25, -0.2) is 9.59 Å². The maximum absolute atomic E-state index is 12.3. The molecule has 25 heavy (non-hydrogen) atoms. The van der Waals surface area contributed by atoms with E-state index in [1.807, 2.05) is 0 Å². The van der Waals surface area contributed by atoms with Gasteiger partial charge in [0.05, 0.1) is 25.3 Å². The van der Waals surface area contributed by atoms with Gasteiger partial charge in [-0.05, 0) is 42.5 Å². The first-order chi connectivity index (χ1) is 11.9. The number of hydrogen-bond acceptors (Lipinski definition) is 6. The molecule has 2 aromatic rings. The molecule has 0 aliphatic rings. The number of methoxy groups -OCH3 is 2. The van der Waals surface area contributed by atoms with Crippen LogP contribution >= 0.6 is 0 Å². The molecule has 0 N–H and O–H groups in total. The fourth-order valence-electron chi connectivity index (χ4n) is 1.93. The van der Waals surface area contributed by atoms with Gasteiger partial charge in [0.2, 0.25) is 0 Å². The van der Waals surface area contributed by atoms with Crippen LogP contribution in [-0.4, -0.2) is 32.8 Å². The van der Waals surface area contributed by atoms with Gasteiger partial charge in [-0.2, -0.15) is 8.78 Å². The monoisotopic (exact) mass is 352 g/mol. The molecule has 0 bridgehead atoms. The Morgan fingerprint density at radius 2 is 1.52 bits per heavy atom. The Morgan fingerprint density at radius 3 is 2.08 bits per heavy atom. The van der Waals surface area contributed by atoms with Gasteiger partial charge in [0.15, 0.2) is 11.5 Å². The van der Waals surface area contributed by atoms with E-state index in [-0.39, 0.29) is 22.8 Å². The molecular weight excluding hydrogens is 338 g/mol. The Morgan fingerprint density at radius 1 is 0.880 bits per heavy atom. The molecule has 0 aliphatic carbocycles. The Hall–Kier alpha value is -3.16. The molecule has 132 valence electrons. The minimum atomic E-state index is -3.01. The van der Waals surface area contributed by atoms with E-state index < -0.39 is 18.6 Å². The summed E-state index contributed by atoms with van der Waals surface area (Å²) >= 11 is 0. The smallest absolute Gasteiger partial charge is 0.387 e. The van der Waals surface area contributed by atoms with E-state index in [0.29, 0.717) is 5.56 Å². The molecule has 6 nitrogen and oxygen atoms in total. The molecule has 0 radical (unpaired) electrons. The first kappa shape index (κ1) is 18.2. The summed E-state index contributed by atoms with van der Waals surface area (Å²) in [6.45, 7) is -3.01. The number of carbonyl (C=O) groups is 2. The van der Waals surface area contributed by atoms with Crippen molar-refractivity contribution in [3.8, 4) is 17.2 Å². The van der Waals surface area contributed by atoms with Crippen molar-refractivity contribution in [1.29, 1.82) is 0 Å². The molecule has 0 atom stereocenters. The second-order valence-electron chi connectivity index (χ2n) is 4.65. The molecule has 0 amide bonds. The van der Waals surface area contributed by atoms with Gasteiger partial charge < -0.3 is 18.9 Å². The molecular formula is C17H14F2O6. The lowest BCUT2D eigenvalue weighted by Gasteiger charge is -2.11. The van der Waals surface area contributed by atoms with Crippen LogP contribution in [0, 0.1) is 0 Å². The molecule has 0 spiro atoms. The summed E-state index contributed by atoms with van der Waals surface area (Å²) in [4.78, 5) is 23.5. The number of hydrogen-bond donors (Lipinski definition) is 0. The van der Waals surface area contributed by atoms with Crippen LogP contribution in [0.1, 0.15) is 20.7 Å². The van der Waals surface area contributed by atoms with Crippen LogP contribution in [0.4, 0.5) is 8.78 Å². The van der Waals surface area contributed by atoms with Gasteiger partial charge in [0.1, 0.15) is 5.75 Å².